The van der Waals surface area contributed by atoms with Crippen molar-refractivity contribution in [3.05, 3.63) is 65.2 Å². The number of rotatable bonds is 11. The van der Waals surface area contributed by atoms with E-state index in [-0.39, 0.29) is 25.0 Å². The topological polar surface area (TPSA) is 67.8 Å². The Morgan fingerprint density at radius 3 is 2.41 bits per heavy atom. The SMILES string of the molecule is CC.COCC(=O)COc1ccc(CC(C)NCC(O)c2cccc(C)c2)cc1. The number of ketones is 1. The fourth-order valence-electron chi connectivity index (χ4n) is 2.82. The van der Waals surface area contributed by atoms with Gasteiger partial charge in [-0.3, -0.25) is 4.79 Å². The van der Waals surface area contributed by atoms with E-state index in [4.69, 9.17) is 9.47 Å². The molecule has 2 N–H and O–H groups in total. The summed E-state index contributed by atoms with van der Waals surface area (Å²) in [6, 6.07) is 15.9. The van der Waals surface area contributed by atoms with Gasteiger partial charge in [0.05, 0.1) is 6.10 Å². The van der Waals surface area contributed by atoms with Gasteiger partial charge in [0.15, 0.2) is 5.78 Å². The molecule has 0 saturated carbocycles. The molecule has 0 bridgehead atoms. The molecule has 0 aliphatic heterocycles. The summed E-state index contributed by atoms with van der Waals surface area (Å²) in [5, 5.41) is 13.7. The maximum Gasteiger partial charge on any atom is 0.195 e. The van der Waals surface area contributed by atoms with Crippen LogP contribution in [0.2, 0.25) is 0 Å². The Morgan fingerprint density at radius 2 is 1.79 bits per heavy atom. The maximum absolute atomic E-state index is 11.4. The molecule has 0 amide bonds. The first kappa shape index (κ1) is 24.8. The van der Waals surface area contributed by atoms with Gasteiger partial charge in [-0.2, -0.15) is 0 Å². The molecule has 5 nitrogen and oxygen atoms in total. The van der Waals surface area contributed by atoms with Crippen molar-refractivity contribution in [1.29, 1.82) is 0 Å². The largest absolute Gasteiger partial charge is 0.486 e. The van der Waals surface area contributed by atoms with Crippen LogP contribution in [0.1, 0.15) is 43.6 Å². The monoisotopic (exact) mass is 401 g/mol. The van der Waals surface area contributed by atoms with Crippen LogP contribution in [0.4, 0.5) is 0 Å². The molecular weight excluding hydrogens is 366 g/mol. The molecule has 2 unspecified atom stereocenters. The third kappa shape index (κ3) is 9.70. The zero-order chi connectivity index (χ0) is 21.6. The predicted octanol–water partition coefficient (Wildman–Crippen LogP) is 3.87. The standard InChI is InChI=1S/C22H29NO4.C2H6/c1-16-5-4-6-19(11-16)22(25)13-23-17(2)12-18-7-9-21(10-8-18)27-15-20(24)14-26-3;1-2/h4-11,17,22-23,25H,12-15H2,1-3H3;1-2H3. The average molecular weight is 402 g/mol. The first-order valence-corrected chi connectivity index (χ1v) is 10.2. The Morgan fingerprint density at radius 1 is 1.10 bits per heavy atom. The Labute approximate surface area is 175 Å². The van der Waals surface area contributed by atoms with E-state index in [1.165, 1.54) is 7.11 Å². The molecule has 2 aromatic rings. The third-order valence-corrected chi connectivity index (χ3v) is 4.26. The summed E-state index contributed by atoms with van der Waals surface area (Å²) in [6.45, 7) is 8.70. The normalized spacial score (nSPS) is 12.5. The van der Waals surface area contributed by atoms with Gasteiger partial charge in [-0.15, -0.1) is 0 Å². The summed E-state index contributed by atoms with van der Waals surface area (Å²) >= 11 is 0. The van der Waals surface area contributed by atoms with Gasteiger partial charge in [-0.05, 0) is 43.5 Å². The van der Waals surface area contributed by atoms with Crippen molar-refractivity contribution in [3.8, 4) is 5.75 Å². The number of aliphatic hydroxyl groups is 1. The summed E-state index contributed by atoms with van der Waals surface area (Å²) in [6.07, 6.45) is 0.316. The van der Waals surface area contributed by atoms with Gasteiger partial charge >= 0.3 is 0 Å². The van der Waals surface area contributed by atoms with Crippen molar-refractivity contribution >= 4 is 5.78 Å². The van der Waals surface area contributed by atoms with Crippen LogP contribution >= 0.6 is 0 Å². The molecule has 0 aliphatic carbocycles. The first-order chi connectivity index (χ1) is 14.0. The Kier molecular flexibility index (Phi) is 11.9. The average Bonchev–Trinajstić information content (AvgIpc) is 2.73. The molecule has 29 heavy (non-hydrogen) atoms. The van der Waals surface area contributed by atoms with Crippen LogP contribution in [0.25, 0.3) is 0 Å². The molecule has 0 spiro atoms. The van der Waals surface area contributed by atoms with Crippen molar-refractivity contribution in [2.24, 2.45) is 0 Å². The molecule has 5 heteroatoms. The van der Waals surface area contributed by atoms with Crippen molar-refractivity contribution in [3.63, 3.8) is 0 Å². The van der Waals surface area contributed by atoms with Crippen molar-refractivity contribution in [1.82, 2.24) is 5.32 Å². The number of carbonyl (C=O) groups excluding carboxylic acids is 1. The molecule has 0 radical (unpaired) electrons. The lowest BCUT2D eigenvalue weighted by Gasteiger charge is -2.18. The van der Waals surface area contributed by atoms with Gasteiger partial charge < -0.3 is 19.9 Å². The van der Waals surface area contributed by atoms with Crippen LogP contribution in [0.15, 0.2) is 48.5 Å². The summed E-state index contributed by atoms with van der Waals surface area (Å²) in [7, 11) is 1.49. The number of hydrogen-bond acceptors (Lipinski definition) is 5. The fraction of sp³-hybridized carbons (Fsp3) is 0.458. The molecule has 0 fully saturated rings. The number of hydrogen-bond donors (Lipinski definition) is 2. The van der Waals surface area contributed by atoms with Crippen LogP contribution in [-0.4, -0.2) is 43.8 Å². The van der Waals surface area contributed by atoms with Crippen molar-refractivity contribution in [2.75, 3.05) is 26.9 Å². The maximum atomic E-state index is 11.4. The lowest BCUT2D eigenvalue weighted by atomic mass is 10.0. The molecular formula is C24H35NO4. The van der Waals surface area contributed by atoms with Crippen LogP contribution < -0.4 is 10.1 Å². The minimum Gasteiger partial charge on any atom is -0.486 e. The summed E-state index contributed by atoms with van der Waals surface area (Å²) in [4.78, 5) is 11.4. The molecule has 0 aliphatic rings. The van der Waals surface area contributed by atoms with E-state index < -0.39 is 6.10 Å². The third-order valence-electron chi connectivity index (χ3n) is 4.26. The number of methoxy groups -OCH3 is 1. The number of nitrogens with one attached hydrogen (secondary N) is 1. The number of carbonyl (C=O) groups is 1. The van der Waals surface area contributed by atoms with Gasteiger partial charge in [0.2, 0.25) is 0 Å². The van der Waals surface area contributed by atoms with E-state index in [1.54, 1.807) is 0 Å². The molecule has 0 saturated heterocycles. The lowest BCUT2D eigenvalue weighted by molar-refractivity contribution is -0.124. The van der Waals surface area contributed by atoms with E-state index in [0.29, 0.717) is 12.3 Å². The van der Waals surface area contributed by atoms with Gasteiger partial charge in [0.25, 0.3) is 0 Å². The molecule has 2 atom stereocenters. The highest BCUT2D eigenvalue weighted by Crippen LogP contribution is 2.15. The quantitative estimate of drug-likeness (QED) is 0.598. The van der Waals surface area contributed by atoms with E-state index in [2.05, 4.69) is 12.2 Å². The second-order valence-electron chi connectivity index (χ2n) is 6.85. The van der Waals surface area contributed by atoms with Gasteiger partial charge in [-0.25, -0.2) is 0 Å². The molecule has 0 heterocycles. The van der Waals surface area contributed by atoms with E-state index in [0.717, 1.165) is 23.1 Å². The number of aryl methyl sites for hydroxylation is 1. The van der Waals surface area contributed by atoms with Crippen LogP contribution in [0, 0.1) is 6.92 Å². The number of benzene rings is 2. The van der Waals surface area contributed by atoms with E-state index >= 15 is 0 Å². The molecule has 2 aromatic carbocycles. The van der Waals surface area contributed by atoms with Gasteiger partial charge in [0.1, 0.15) is 19.0 Å². The summed E-state index contributed by atoms with van der Waals surface area (Å²) in [5.41, 5.74) is 3.24. The minimum absolute atomic E-state index is 0.0159. The number of ether oxygens (including phenoxy) is 2. The minimum atomic E-state index is -0.521. The Bertz CT molecular complexity index is 715. The molecule has 0 aromatic heterocycles. The first-order valence-electron chi connectivity index (χ1n) is 10.2. The second kappa shape index (κ2) is 13.9. The number of Topliss-reactive ketones (excluding diaryl/α,β-unsaturated/α-hetero) is 1. The number of aliphatic hydroxyl groups excluding tert-OH is 1. The smallest absolute Gasteiger partial charge is 0.195 e. The highest BCUT2D eigenvalue weighted by Gasteiger charge is 2.10. The predicted molar refractivity (Wildman–Crippen MR) is 117 cm³/mol. The zero-order valence-electron chi connectivity index (χ0n) is 18.3. The van der Waals surface area contributed by atoms with Gasteiger partial charge in [-0.1, -0.05) is 55.8 Å². The summed E-state index contributed by atoms with van der Waals surface area (Å²) in [5.74, 6) is 0.574. The lowest BCUT2D eigenvalue weighted by Crippen LogP contribution is -2.32. The Hall–Kier alpha value is -2.21. The molecule has 2 rings (SSSR count). The summed E-state index contributed by atoms with van der Waals surface area (Å²) < 4.78 is 10.2. The highest BCUT2D eigenvalue weighted by atomic mass is 16.5. The van der Waals surface area contributed by atoms with E-state index in [9.17, 15) is 9.90 Å². The van der Waals surface area contributed by atoms with E-state index in [1.807, 2.05) is 69.3 Å². The van der Waals surface area contributed by atoms with Crippen LogP contribution in [0.5, 0.6) is 5.75 Å². The second-order valence-corrected chi connectivity index (χ2v) is 6.85. The fourth-order valence-corrected chi connectivity index (χ4v) is 2.82. The zero-order valence-corrected chi connectivity index (χ0v) is 18.3. The van der Waals surface area contributed by atoms with Crippen molar-refractivity contribution < 1.29 is 19.4 Å². The van der Waals surface area contributed by atoms with Crippen molar-refractivity contribution in [2.45, 2.75) is 46.3 Å². The van der Waals surface area contributed by atoms with Crippen LogP contribution in [0.3, 0.4) is 0 Å². The Balaban J connectivity index is 0.00000204. The van der Waals surface area contributed by atoms with Crippen LogP contribution in [-0.2, 0) is 16.0 Å². The van der Waals surface area contributed by atoms with Gasteiger partial charge in [0, 0.05) is 19.7 Å². The molecule has 160 valence electrons. The highest BCUT2D eigenvalue weighted by molar-refractivity contribution is 5.81.